The van der Waals surface area contributed by atoms with Crippen molar-refractivity contribution in [2.75, 3.05) is 13.1 Å². The Bertz CT molecular complexity index is 666. The molecule has 1 fully saturated rings. The number of amides is 1. The van der Waals surface area contributed by atoms with Crippen LogP contribution in [-0.2, 0) is 0 Å². The summed E-state index contributed by atoms with van der Waals surface area (Å²) in [7, 11) is 0. The molecule has 2 heterocycles. The number of aromatic nitrogens is 1. The first-order valence-corrected chi connectivity index (χ1v) is 7.38. The number of H-pyrrole nitrogens is 1. The molecule has 0 aliphatic carbocycles. The number of hydrogen-bond acceptors (Lipinski definition) is 1. The lowest BCUT2D eigenvalue weighted by molar-refractivity contribution is -0.0921. The Morgan fingerprint density at radius 1 is 1.27 bits per heavy atom. The second kappa shape index (κ2) is 5.55. The summed E-state index contributed by atoms with van der Waals surface area (Å²) < 4.78 is 27.2. The van der Waals surface area contributed by atoms with Gasteiger partial charge in [0.25, 0.3) is 11.8 Å². The first-order valence-electron chi connectivity index (χ1n) is 7.38. The van der Waals surface area contributed by atoms with Gasteiger partial charge < -0.3 is 9.88 Å². The Balaban J connectivity index is 1.84. The summed E-state index contributed by atoms with van der Waals surface area (Å²) in [4.78, 5) is 17.1. The minimum atomic E-state index is -2.68. The molecule has 0 saturated carbocycles. The molecule has 3 rings (SSSR count). The zero-order valence-electron chi connectivity index (χ0n) is 12.4. The number of carbonyl (C=O) groups excluding carboxylic acids is 1. The standard InChI is InChI=1S/C17H18F2N2O/c1-12-11-21(8-7-17(12,18)19)16(22)15-10-20-9-14(15)13-5-3-2-4-6-13/h2-6,9-10,12,20H,7-8,11H2,1H3. The molecule has 22 heavy (non-hydrogen) atoms. The van der Waals surface area contributed by atoms with Crippen LogP contribution in [0.4, 0.5) is 8.78 Å². The summed E-state index contributed by atoms with van der Waals surface area (Å²) in [6.07, 6.45) is 3.14. The summed E-state index contributed by atoms with van der Waals surface area (Å²) >= 11 is 0. The lowest BCUT2D eigenvalue weighted by Crippen LogP contribution is -2.48. The minimum Gasteiger partial charge on any atom is -0.366 e. The SMILES string of the molecule is CC1CN(C(=O)c2c[nH]cc2-c2ccccc2)CCC1(F)F. The normalized spacial score (nSPS) is 20.9. The third-order valence-electron chi connectivity index (χ3n) is 4.28. The van der Waals surface area contributed by atoms with Crippen molar-refractivity contribution in [2.24, 2.45) is 5.92 Å². The summed E-state index contributed by atoms with van der Waals surface area (Å²) in [5.41, 5.74) is 2.27. The van der Waals surface area contributed by atoms with Crippen molar-refractivity contribution >= 4 is 5.91 Å². The summed E-state index contributed by atoms with van der Waals surface area (Å²) in [6.45, 7) is 1.68. The predicted octanol–water partition coefficient (Wildman–Crippen LogP) is 3.80. The molecule has 1 aromatic carbocycles. The van der Waals surface area contributed by atoms with E-state index in [0.717, 1.165) is 11.1 Å². The number of halogens is 2. The Hall–Kier alpha value is -2.17. The first-order chi connectivity index (χ1) is 10.5. The van der Waals surface area contributed by atoms with Gasteiger partial charge in [-0.2, -0.15) is 0 Å². The van der Waals surface area contributed by atoms with Gasteiger partial charge in [-0.1, -0.05) is 37.3 Å². The van der Waals surface area contributed by atoms with Crippen LogP contribution >= 0.6 is 0 Å². The van der Waals surface area contributed by atoms with E-state index in [0.29, 0.717) is 5.56 Å². The molecular weight excluding hydrogens is 286 g/mol. The van der Waals surface area contributed by atoms with Crippen LogP contribution in [0.25, 0.3) is 11.1 Å². The zero-order valence-corrected chi connectivity index (χ0v) is 12.4. The van der Waals surface area contributed by atoms with Gasteiger partial charge in [0.05, 0.1) is 5.56 Å². The van der Waals surface area contributed by atoms with Crippen LogP contribution in [0.3, 0.4) is 0 Å². The summed E-state index contributed by atoms with van der Waals surface area (Å²) in [5.74, 6) is -3.69. The molecule has 0 radical (unpaired) electrons. The van der Waals surface area contributed by atoms with Crippen molar-refractivity contribution in [3.63, 3.8) is 0 Å². The predicted molar refractivity (Wildman–Crippen MR) is 80.9 cm³/mol. The highest BCUT2D eigenvalue weighted by molar-refractivity contribution is 6.00. The van der Waals surface area contributed by atoms with E-state index in [1.165, 1.54) is 11.8 Å². The quantitative estimate of drug-likeness (QED) is 0.900. The summed E-state index contributed by atoms with van der Waals surface area (Å²) in [5, 5.41) is 0. The van der Waals surface area contributed by atoms with Crippen LogP contribution in [0, 0.1) is 5.92 Å². The number of nitrogens with one attached hydrogen (secondary N) is 1. The van der Waals surface area contributed by atoms with Gasteiger partial charge in [0.1, 0.15) is 0 Å². The van der Waals surface area contributed by atoms with Gasteiger partial charge in [-0.15, -0.1) is 0 Å². The van der Waals surface area contributed by atoms with Crippen molar-refractivity contribution in [1.29, 1.82) is 0 Å². The average Bonchev–Trinajstić information content (AvgIpc) is 3.00. The van der Waals surface area contributed by atoms with Gasteiger partial charge in [-0.05, 0) is 5.56 Å². The van der Waals surface area contributed by atoms with E-state index in [1.54, 1.807) is 12.4 Å². The molecule has 1 amide bonds. The number of benzene rings is 1. The molecule has 0 bridgehead atoms. The van der Waals surface area contributed by atoms with E-state index in [4.69, 9.17) is 0 Å². The topological polar surface area (TPSA) is 36.1 Å². The third kappa shape index (κ3) is 2.63. The molecule has 1 aromatic heterocycles. The maximum absolute atomic E-state index is 13.6. The van der Waals surface area contributed by atoms with Crippen molar-refractivity contribution in [3.05, 3.63) is 48.3 Å². The molecule has 1 saturated heterocycles. The number of alkyl halides is 2. The number of nitrogens with zero attached hydrogens (tertiary/aromatic N) is 1. The largest absolute Gasteiger partial charge is 0.366 e. The maximum Gasteiger partial charge on any atom is 0.256 e. The van der Waals surface area contributed by atoms with E-state index in [9.17, 15) is 13.6 Å². The number of hydrogen-bond donors (Lipinski definition) is 1. The Morgan fingerprint density at radius 3 is 2.68 bits per heavy atom. The van der Waals surface area contributed by atoms with Crippen LogP contribution in [-0.4, -0.2) is 34.8 Å². The second-order valence-electron chi connectivity index (χ2n) is 5.81. The smallest absolute Gasteiger partial charge is 0.256 e. The van der Waals surface area contributed by atoms with Crippen LogP contribution in [0.1, 0.15) is 23.7 Å². The highest BCUT2D eigenvalue weighted by atomic mass is 19.3. The van der Waals surface area contributed by atoms with Crippen molar-refractivity contribution in [3.8, 4) is 11.1 Å². The lowest BCUT2D eigenvalue weighted by atomic mass is 9.94. The van der Waals surface area contributed by atoms with Gasteiger partial charge in [-0.3, -0.25) is 4.79 Å². The molecule has 116 valence electrons. The molecule has 1 N–H and O–H groups in total. The molecule has 0 spiro atoms. The fourth-order valence-corrected chi connectivity index (χ4v) is 2.84. The Morgan fingerprint density at radius 2 is 2.00 bits per heavy atom. The summed E-state index contributed by atoms with van der Waals surface area (Å²) in [6, 6.07) is 9.56. The highest BCUT2D eigenvalue weighted by Gasteiger charge is 2.42. The van der Waals surface area contributed by atoms with E-state index in [2.05, 4.69) is 4.98 Å². The average molecular weight is 304 g/mol. The highest BCUT2D eigenvalue weighted by Crippen LogP contribution is 2.34. The number of piperidine rings is 1. The molecule has 1 aliphatic heterocycles. The van der Waals surface area contributed by atoms with Gasteiger partial charge >= 0.3 is 0 Å². The Labute approximate surface area is 127 Å². The first kappa shape index (κ1) is 14.8. The van der Waals surface area contributed by atoms with Crippen LogP contribution in [0.2, 0.25) is 0 Å². The van der Waals surface area contributed by atoms with E-state index in [1.807, 2.05) is 30.3 Å². The third-order valence-corrected chi connectivity index (χ3v) is 4.28. The van der Waals surface area contributed by atoms with E-state index in [-0.39, 0.29) is 25.4 Å². The zero-order chi connectivity index (χ0) is 15.7. The van der Waals surface area contributed by atoms with Crippen molar-refractivity contribution < 1.29 is 13.6 Å². The minimum absolute atomic E-state index is 0.0885. The number of rotatable bonds is 2. The number of likely N-dealkylation sites (tertiary alicyclic amines) is 1. The monoisotopic (exact) mass is 304 g/mol. The fraction of sp³-hybridized carbons (Fsp3) is 0.353. The lowest BCUT2D eigenvalue weighted by Gasteiger charge is -2.36. The van der Waals surface area contributed by atoms with Crippen LogP contribution in [0.15, 0.2) is 42.7 Å². The second-order valence-corrected chi connectivity index (χ2v) is 5.81. The number of carbonyl (C=O) groups is 1. The van der Waals surface area contributed by atoms with Crippen molar-refractivity contribution in [2.45, 2.75) is 19.3 Å². The van der Waals surface area contributed by atoms with Gasteiger partial charge in [0.15, 0.2) is 0 Å². The Kier molecular flexibility index (Phi) is 3.72. The van der Waals surface area contributed by atoms with Crippen molar-refractivity contribution in [1.82, 2.24) is 9.88 Å². The molecular formula is C17H18F2N2O. The number of aromatic amines is 1. The van der Waals surface area contributed by atoms with Crippen LogP contribution < -0.4 is 0 Å². The molecule has 3 nitrogen and oxygen atoms in total. The van der Waals surface area contributed by atoms with Gasteiger partial charge in [0.2, 0.25) is 0 Å². The van der Waals surface area contributed by atoms with Crippen LogP contribution in [0.5, 0.6) is 0 Å². The molecule has 1 atom stereocenters. The molecule has 1 unspecified atom stereocenters. The molecule has 2 aromatic rings. The van der Waals surface area contributed by atoms with Gasteiger partial charge in [-0.25, -0.2) is 8.78 Å². The van der Waals surface area contributed by atoms with Gasteiger partial charge in [0, 0.05) is 43.4 Å². The van der Waals surface area contributed by atoms with E-state index >= 15 is 0 Å². The maximum atomic E-state index is 13.6. The van der Waals surface area contributed by atoms with E-state index < -0.39 is 11.8 Å². The fourth-order valence-electron chi connectivity index (χ4n) is 2.84. The molecule has 1 aliphatic rings. The molecule has 5 heteroatoms.